The number of aliphatic hydroxyl groups is 1. The summed E-state index contributed by atoms with van der Waals surface area (Å²) < 4.78 is 0. The van der Waals surface area contributed by atoms with E-state index in [1.54, 1.807) is 0 Å². The molecule has 0 aromatic carbocycles. The van der Waals surface area contributed by atoms with E-state index in [4.69, 9.17) is 5.11 Å². The molecule has 2 nitrogen and oxygen atoms in total. The third kappa shape index (κ3) is 4.10. The molecule has 1 saturated carbocycles. The van der Waals surface area contributed by atoms with Gasteiger partial charge in [0.15, 0.2) is 0 Å². The van der Waals surface area contributed by atoms with Crippen molar-refractivity contribution in [3.63, 3.8) is 0 Å². The molecule has 78 valence electrons. The molecule has 1 aliphatic carbocycles. The molecule has 0 heterocycles. The lowest BCUT2D eigenvalue weighted by Gasteiger charge is -2.16. The van der Waals surface area contributed by atoms with Crippen LogP contribution in [0, 0.1) is 11.8 Å². The number of hydrogen-bond acceptors (Lipinski definition) is 2. The zero-order valence-electron chi connectivity index (χ0n) is 8.92. The van der Waals surface area contributed by atoms with Crippen LogP contribution >= 0.6 is 0 Å². The van der Waals surface area contributed by atoms with Crippen molar-refractivity contribution in [2.75, 3.05) is 13.2 Å². The van der Waals surface area contributed by atoms with Gasteiger partial charge in [0.25, 0.3) is 0 Å². The van der Waals surface area contributed by atoms with Crippen molar-refractivity contribution in [1.82, 2.24) is 5.32 Å². The Morgan fingerprint density at radius 1 is 1.46 bits per heavy atom. The van der Waals surface area contributed by atoms with Gasteiger partial charge in [0, 0.05) is 12.6 Å². The minimum absolute atomic E-state index is 0.323. The van der Waals surface area contributed by atoms with E-state index in [2.05, 4.69) is 19.2 Å². The van der Waals surface area contributed by atoms with Crippen LogP contribution in [0.15, 0.2) is 0 Å². The first-order valence-electron chi connectivity index (χ1n) is 5.56. The zero-order valence-corrected chi connectivity index (χ0v) is 8.92. The van der Waals surface area contributed by atoms with Crippen molar-refractivity contribution >= 4 is 0 Å². The Labute approximate surface area is 81.7 Å². The summed E-state index contributed by atoms with van der Waals surface area (Å²) in [7, 11) is 0. The normalized spacial score (nSPS) is 30.7. The second kappa shape index (κ2) is 5.61. The summed E-state index contributed by atoms with van der Waals surface area (Å²) in [6, 6.07) is 0.746. The van der Waals surface area contributed by atoms with Gasteiger partial charge in [0.05, 0.1) is 0 Å². The Morgan fingerprint density at radius 3 is 2.77 bits per heavy atom. The van der Waals surface area contributed by atoms with Gasteiger partial charge in [-0.25, -0.2) is 0 Å². The SMILES string of the molecule is CC(CCO)CNC1CCC(C)C1. The summed E-state index contributed by atoms with van der Waals surface area (Å²) in [4.78, 5) is 0. The van der Waals surface area contributed by atoms with Crippen molar-refractivity contribution in [1.29, 1.82) is 0 Å². The molecule has 2 heteroatoms. The van der Waals surface area contributed by atoms with Crippen molar-refractivity contribution in [3.8, 4) is 0 Å². The summed E-state index contributed by atoms with van der Waals surface area (Å²) in [6.07, 6.45) is 4.99. The summed E-state index contributed by atoms with van der Waals surface area (Å²) in [5.41, 5.74) is 0. The Balaban J connectivity index is 2.05. The van der Waals surface area contributed by atoms with Gasteiger partial charge in [-0.2, -0.15) is 0 Å². The van der Waals surface area contributed by atoms with Crippen molar-refractivity contribution in [2.45, 2.75) is 45.6 Å². The molecule has 1 rings (SSSR count). The molecule has 3 atom stereocenters. The molecule has 0 radical (unpaired) electrons. The maximum atomic E-state index is 8.74. The predicted octanol–water partition coefficient (Wildman–Crippen LogP) is 1.78. The zero-order chi connectivity index (χ0) is 9.68. The standard InChI is InChI=1S/C11H23NO/c1-9-3-4-11(7-9)12-8-10(2)5-6-13/h9-13H,3-8H2,1-2H3. The Hall–Kier alpha value is -0.0800. The molecule has 0 bridgehead atoms. The molecule has 1 fully saturated rings. The van der Waals surface area contributed by atoms with Crippen molar-refractivity contribution in [3.05, 3.63) is 0 Å². The fourth-order valence-electron chi connectivity index (χ4n) is 2.08. The highest BCUT2D eigenvalue weighted by molar-refractivity contribution is 4.78. The molecule has 0 aromatic rings. The van der Waals surface area contributed by atoms with E-state index >= 15 is 0 Å². The van der Waals surface area contributed by atoms with Gasteiger partial charge >= 0.3 is 0 Å². The first-order valence-corrected chi connectivity index (χ1v) is 5.56. The highest BCUT2D eigenvalue weighted by Gasteiger charge is 2.20. The van der Waals surface area contributed by atoms with Crippen LogP contribution in [-0.2, 0) is 0 Å². The maximum Gasteiger partial charge on any atom is 0.0434 e. The topological polar surface area (TPSA) is 32.3 Å². The summed E-state index contributed by atoms with van der Waals surface area (Å²) >= 11 is 0. The average Bonchev–Trinajstić information content (AvgIpc) is 2.49. The number of aliphatic hydroxyl groups excluding tert-OH is 1. The van der Waals surface area contributed by atoms with E-state index in [0.717, 1.165) is 24.9 Å². The fraction of sp³-hybridized carbons (Fsp3) is 1.00. The van der Waals surface area contributed by atoms with Gasteiger partial charge in [-0.15, -0.1) is 0 Å². The molecule has 0 aromatic heterocycles. The van der Waals surface area contributed by atoms with E-state index in [-0.39, 0.29) is 0 Å². The van der Waals surface area contributed by atoms with Crippen molar-refractivity contribution in [2.24, 2.45) is 11.8 Å². The van der Waals surface area contributed by atoms with Crippen LogP contribution in [0.3, 0.4) is 0 Å². The van der Waals surface area contributed by atoms with Crippen LogP contribution in [0.1, 0.15) is 39.5 Å². The molecule has 0 saturated heterocycles. The largest absolute Gasteiger partial charge is 0.396 e. The summed E-state index contributed by atoms with van der Waals surface area (Å²) in [6.45, 7) is 5.92. The average molecular weight is 185 g/mol. The lowest BCUT2D eigenvalue weighted by molar-refractivity contribution is 0.257. The van der Waals surface area contributed by atoms with Crippen LogP contribution < -0.4 is 5.32 Å². The number of hydrogen-bond donors (Lipinski definition) is 2. The van der Waals surface area contributed by atoms with Gasteiger partial charge in [0.2, 0.25) is 0 Å². The van der Waals surface area contributed by atoms with Crippen LogP contribution in [0.5, 0.6) is 0 Å². The van der Waals surface area contributed by atoms with Gasteiger partial charge in [-0.1, -0.05) is 13.8 Å². The number of rotatable bonds is 5. The molecule has 0 aliphatic heterocycles. The third-order valence-electron chi connectivity index (χ3n) is 3.07. The van der Waals surface area contributed by atoms with Crippen LogP contribution in [-0.4, -0.2) is 24.3 Å². The molecule has 2 N–H and O–H groups in total. The van der Waals surface area contributed by atoms with E-state index in [1.165, 1.54) is 19.3 Å². The molecule has 0 amide bonds. The predicted molar refractivity (Wildman–Crippen MR) is 55.7 cm³/mol. The second-order valence-electron chi connectivity index (χ2n) is 4.64. The maximum absolute atomic E-state index is 8.74. The first kappa shape index (κ1) is 11.0. The van der Waals surface area contributed by atoms with E-state index in [1.807, 2.05) is 0 Å². The van der Waals surface area contributed by atoms with E-state index < -0.39 is 0 Å². The van der Waals surface area contributed by atoms with Crippen LogP contribution in [0.25, 0.3) is 0 Å². The Kier molecular flexibility index (Phi) is 4.74. The third-order valence-corrected chi connectivity index (χ3v) is 3.07. The second-order valence-corrected chi connectivity index (χ2v) is 4.64. The van der Waals surface area contributed by atoms with E-state index in [9.17, 15) is 0 Å². The Bertz CT molecular complexity index is 138. The minimum Gasteiger partial charge on any atom is -0.396 e. The Morgan fingerprint density at radius 2 is 2.23 bits per heavy atom. The molecule has 3 unspecified atom stereocenters. The van der Waals surface area contributed by atoms with Gasteiger partial charge in [0.1, 0.15) is 0 Å². The highest BCUT2D eigenvalue weighted by atomic mass is 16.3. The first-order chi connectivity index (χ1) is 6.22. The molecular formula is C11H23NO. The smallest absolute Gasteiger partial charge is 0.0434 e. The van der Waals surface area contributed by atoms with Gasteiger partial charge < -0.3 is 10.4 Å². The fourth-order valence-corrected chi connectivity index (χ4v) is 2.08. The van der Waals surface area contributed by atoms with Crippen molar-refractivity contribution < 1.29 is 5.11 Å². The highest BCUT2D eigenvalue weighted by Crippen LogP contribution is 2.24. The number of nitrogens with one attached hydrogen (secondary N) is 1. The summed E-state index contributed by atoms with van der Waals surface area (Å²) in [5, 5.41) is 12.3. The van der Waals surface area contributed by atoms with Crippen LogP contribution in [0.4, 0.5) is 0 Å². The van der Waals surface area contributed by atoms with Gasteiger partial charge in [-0.3, -0.25) is 0 Å². The van der Waals surface area contributed by atoms with Crippen LogP contribution in [0.2, 0.25) is 0 Å². The molecule has 13 heavy (non-hydrogen) atoms. The van der Waals surface area contributed by atoms with E-state index in [0.29, 0.717) is 12.5 Å². The molecular weight excluding hydrogens is 162 g/mol. The molecule has 0 spiro atoms. The van der Waals surface area contributed by atoms with Gasteiger partial charge in [-0.05, 0) is 44.1 Å². The summed E-state index contributed by atoms with van der Waals surface area (Å²) in [5.74, 6) is 1.52. The minimum atomic E-state index is 0.323. The lowest BCUT2D eigenvalue weighted by Crippen LogP contribution is -2.30. The lowest BCUT2D eigenvalue weighted by atomic mass is 10.1. The monoisotopic (exact) mass is 185 g/mol. The molecule has 1 aliphatic rings. The quantitative estimate of drug-likeness (QED) is 0.684.